The fourth-order valence-corrected chi connectivity index (χ4v) is 5.12. The Morgan fingerprint density at radius 1 is 1.00 bits per heavy atom. The molecule has 2 amide bonds. The molecule has 2 aliphatic rings. The van der Waals surface area contributed by atoms with Crippen LogP contribution in [0.5, 0.6) is 0 Å². The first-order valence-corrected chi connectivity index (χ1v) is 12.2. The molecule has 2 aliphatic heterocycles. The van der Waals surface area contributed by atoms with Crippen LogP contribution in [0.2, 0.25) is 5.02 Å². The van der Waals surface area contributed by atoms with Gasteiger partial charge in [-0.25, -0.2) is 9.89 Å². The second-order valence-corrected chi connectivity index (χ2v) is 9.25. The molecule has 170 valence electrons. The minimum absolute atomic E-state index is 0.0176. The number of nitrogens with one attached hydrogen (secondary N) is 1. The molecule has 0 unspecified atom stereocenters. The zero-order chi connectivity index (χ0) is 23.5. The Morgan fingerprint density at radius 3 is 2.56 bits per heavy atom. The lowest BCUT2D eigenvalue weighted by Gasteiger charge is -2.25. The van der Waals surface area contributed by atoms with Crippen LogP contribution in [0.1, 0.15) is 23.1 Å². The lowest BCUT2D eigenvalue weighted by molar-refractivity contribution is -0.128. The van der Waals surface area contributed by atoms with Crippen LogP contribution in [-0.4, -0.2) is 33.8 Å². The Bertz CT molecular complexity index is 1310. The van der Waals surface area contributed by atoms with E-state index >= 15 is 0 Å². The number of nitrogens with zero attached hydrogens (tertiary/aromatic N) is 3. The first-order chi connectivity index (χ1) is 16.6. The number of amides is 2. The van der Waals surface area contributed by atoms with Crippen molar-refractivity contribution in [3.8, 4) is 0 Å². The van der Waals surface area contributed by atoms with Crippen LogP contribution in [0.3, 0.4) is 0 Å². The Balaban J connectivity index is 1.34. The number of para-hydroxylation sites is 1. The number of fused-ring (bicyclic) bond motifs is 3. The lowest BCUT2D eigenvalue weighted by Crippen LogP contribution is -2.42. The molecule has 0 aromatic heterocycles. The third-order valence-corrected chi connectivity index (χ3v) is 6.93. The molecular formula is C26H21ClN4O2S. The van der Waals surface area contributed by atoms with Gasteiger partial charge in [0.25, 0.3) is 5.91 Å². The van der Waals surface area contributed by atoms with Crippen molar-refractivity contribution in [1.82, 2.24) is 10.2 Å². The van der Waals surface area contributed by atoms with Crippen LogP contribution in [0, 0.1) is 0 Å². The van der Waals surface area contributed by atoms with Gasteiger partial charge in [0.15, 0.2) is 5.17 Å². The topological polar surface area (TPSA) is 74.1 Å². The normalized spacial score (nSPS) is 16.4. The van der Waals surface area contributed by atoms with Crippen LogP contribution >= 0.6 is 23.4 Å². The quantitative estimate of drug-likeness (QED) is 0.534. The fraction of sp³-hybridized carbons (Fsp3) is 0.154. The third-order valence-electron chi connectivity index (χ3n) is 5.57. The van der Waals surface area contributed by atoms with Crippen molar-refractivity contribution in [2.24, 2.45) is 9.98 Å². The van der Waals surface area contributed by atoms with Crippen LogP contribution in [0.25, 0.3) is 0 Å². The Labute approximate surface area is 206 Å². The maximum Gasteiger partial charge on any atom is 0.259 e. The summed E-state index contributed by atoms with van der Waals surface area (Å²) in [4.78, 5) is 36.9. The predicted molar refractivity (Wildman–Crippen MR) is 136 cm³/mol. The van der Waals surface area contributed by atoms with Gasteiger partial charge in [-0.3, -0.25) is 14.6 Å². The lowest BCUT2D eigenvalue weighted by atomic mass is 10.1. The number of thioether (sulfide) groups is 1. The monoisotopic (exact) mass is 488 g/mol. The predicted octanol–water partition coefficient (Wildman–Crippen LogP) is 4.94. The highest BCUT2D eigenvalue weighted by molar-refractivity contribution is 8.13. The van der Waals surface area contributed by atoms with Gasteiger partial charge < -0.3 is 5.32 Å². The molecule has 3 aromatic carbocycles. The molecule has 3 aromatic rings. The van der Waals surface area contributed by atoms with E-state index in [9.17, 15) is 9.59 Å². The standard InChI is InChI=1S/C26H21ClN4O2S/c27-20-12-6-4-10-18(20)16-34-26-30-21-13-7-5-11-19(21)24-29-22(25(33)31(24)26)14-23(32)28-15-17-8-2-1-3-9-17/h1-13,22H,14-16H2,(H,28,32)/t22-/m0/s1. The molecule has 0 spiro atoms. The van der Waals surface area contributed by atoms with Gasteiger partial charge in [0, 0.05) is 22.9 Å². The van der Waals surface area contributed by atoms with Crippen LogP contribution < -0.4 is 5.32 Å². The number of aliphatic imine (C=N–C) groups is 2. The maximum atomic E-state index is 13.4. The summed E-state index contributed by atoms with van der Waals surface area (Å²) in [5, 5.41) is 4.09. The third kappa shape index (κ3) is 4.62. The van der Waals surface area contributed by atoms with Crippen LogP contribution in [0.4, 0.5) is 5.69 Å². The summed E-state index contributed by atoms with van der Waals surface area (Å²) >= 11 is 7.74. The molecule has 34 heavy (non-hydrogen) atoms. The largest absolute Gasteiger partial charge is 0.352 e. The molecule has 1 atom stereocenters. The van der Waals surface area contributed by atoms with E-state index in [1.165, 1.54) is 11.8 Å². The van der Waals surface area contributed by atoms with Crippen LogP contribution in [-0.2, 0) is 21.9 Å². The molecule has 5 rings (SSSR count). The first kappa shape index (κ1) is 22.4. The molecule has 2 heterocycles. The number of amidine groups is 2. The number of halogens is 1. The second kappa shape index (κ2) is 9.83. The summed E-state index contributed by atoms with van der Waals surface area (Å²) in [7, 11) is 0. The minimum atomic E-state index is -0.789. The van der Waals surface area contributed by atoms with Gasteiger partial charge in [0.2, 0.25) is 5.91 Å². The smallest absolute Gasteiger partial charge is 0.259 e. The highest BCUT2D eigenvalue weighted by Crippen LogP contribution is 2.35. The first-order valence-electron chi connectivity index (χ1n) is 10.9. The van der Waals surface area contributed by atoms with Crippen molar-refractivity contribution in [3.05, 3.63) is 101 Å². The van der Waals surface area contributed by atoms with E-state index < -0.39 is 6.04 Å². The van der Waals surface area contributed by atoms with Crippen molar-refractivity contribution >= 4 is 51.9 Å². The second-order valence-electron chi connectivity index (χ2n) is 7.90. The van der Waals surface area contributed by atoms with Crippen molar-refractivity contribution in [3.63, 3.8) is 0 Å². The van der Waals surface area contributed by atoms with E-state index in [0.717, 1.165) is 22.4 Å². The van der Waals surface area contributed by atoms with Crippen molar-refractivity contribution < 1.29 is 9.59 Å². The minimum Gasteiger partial charge on any atom is -0.352 e. The SMILES string of the molecule is O=C(C[C@@H]1N=C2c3ccccc3N=C(SCc3ccccc3Cl)N2C1=O)NCc1ccccc1. The Hall–Kier alpha value is -3.42. The molecule has 0 saturated heterocycles. The van der Waals surface area contributed by atoms with Crippen molar-refractivity contribution in [2.45, 2.75) is 24.8 Å². The van der Waals surface area contributed by atoms with Gasteiger partial charge in [-0.2, -0.15) is 0 Å². The van der Waals surface area contributed by atoms with Crippen molar-refractivity contribution in [1.29, 1.82) is 0 Å². The molecule has 0 saturated carbocycles. The highest BCUT2D eigenvalue weighted by Gasteiger charge is 2.42. The summed E-state index contributed by atoms with van der Waals surface area (Å²) in [6.07, 6.45) is -0.0176. The van der Waals surface area contributed by atoms with Gasteiger partial charge in [-0.05, 0) is 29.3 Å². The molecule has 0 aliphatic carbocycles. The molecule has 0 fully saturated rings. The van der Waals surface area contributed by atoms with E-state index in [1.807, 2.05) is 78.9 Å². The molecule has 1 N–H and O–H groups in total. The maximum absolute atomic E-state index is 13.4. The van der Waals surface area contributed by atoms with E-state index in [4.69, 9.17) is 16.6 Å². The summed E-state index contributed by atoms with van der Waals surface area (Å²) in [6.45, 7) is 0.407. The number of hydrogen-bond acceptors (Lipinski definition) is 5. The van der Waals surface area contributed by atoms with Crippen molar-refractivity contribution in [2.75, 3.05) is 0 Å². The number of hydrogen-bond donors (Lipinski definition) is 1. The number of carbonyl (C=O) groups excluding carboxylic acids is 2. The van der Waals surface area contributed by atoms with E-state index in [-0.39, 0.29) is 18.2 Å². The number of carbonyl (C=O) groups is 2. The Morgan fingerprint density at radius 2 is 1.74 bits per heavy atom. The van der Waals surface area contributed by atoms with Gasteiger partial charge in [0.1, 0.15) is 11.9 Å². The summed E-state index contributed by atoms with van der Waals surface area (Å²) in [5.74, 6) is 0.629. The summed E-state index contributed by atoms with van der Waals surface area (Å²) in [5.41, 5.74) is 3.49. The highest BCUT2D eigenvalue weighted by atomic mass is 35.5. The van der Waals surface area contributed by atoms with Gasteiger partial charge in [0.05, 0.1) is 12.1 Å². The average Bonchev–Trinajstić information content (AvgIpc) is 3.19. The van der Waals surface area contributed by atoms with E-state index in [2.05, 4.69) is 10.3 Å². The molecule has 6 nitrogen and oxygen atoms in total. The van der Waals surface area contributed by atoms with Gasteiger partial charge in [-0.1, -0.05) is 84.0 Å². The average molecular weight is 489 g/mol. The Kier molecular flexibility index (Phi) is 6.47. The molecule has 0 bridgehead atoms. The van der Waals surface area contributed by atoms with Crippen LogP contribution in [0.15, 0.2) is 88.8 Å². The fourth-order valence-electron chi connectivity index (χ4n) is 3.83. The summed E-state index contributed by atoms with van der Waals surface area (Å²) < 4.78 is 0. The van der Waals surface area contributed by atoms with Gasteiger partial charge >= 0.3 is 0 Å². The number of rotatable bonds is 6. The zero-order valence-electron chi connectivity index (χ0n) is 18.1. The zero-order valence-corrected chi connectivity index (χ0v) is 19.7. The number of benzene rings is 3. The molecular weight excluding hydrogens is 468 g/mol. The van der Waals surface area contributed by atoms with Gasteiger partial charge in [-0.15, -0.1) is 0 Å². The molecule has 8 heteroatoms. The summed E-state index contributed by atoms with van der Waals surface area (Å²) in [6, 6.07) is 24.1. The van der Waals surface area contributed by atoms with E-state index in [0.29, 0.717) is 28.3 Å². The van der Waals surface area contributed by atoms with E-state index in [1.54, 1.807) is 4.90 Å². The molecule has 0 radical (unpaired) electrons.